The second-order valence-corrected chi connectivity index (χ2v) is 8.39. The Morgan fingerprint density at radius 1 is 0.968 bits per heavy atom. The van der Waals surface area contributed by atoms with E-state index in [-0.39, 0.29) is 6.03 Å². The molecule has 1 N–H and O–H groups in total. The van der Waals surface area contributed by atoms with Crippen molar-refractivity contribution in [2.45, 2.75) is 25.7 Å². The van der Waals surface area contributed by atoms with Gasteiger partial charge in [-0.3, -0.25) is 9.97 Å². The van der Waals surface area contributed by atoms with Crippen LogP contribution in [0.3, 0.4) is 0 Å². The lowest BCUT2D eigenvalue weighted by Gasteiger charge is -2.30. The number of likely N-dealkylation sites (tertiary alicyclic amines) is 1. The maximum atomic E-state index is 12.7. The van der Waals surface area contributed by atoms with E-state index < -0.39 is 0 Å². The quantitative estimate of drug-likeness (QED) is 0.565. The molecule has 0 unspecified atom stereocenters. The third-order valence-corrected chi connectivity index (χ3v) is 6.28. The molecule has 156 valence electrons. The smallest absolute Gasteiger partial charge is 0.321 e. The molecule has 1 aliphatic carbocycles. The van der Waals surface area contributed by atoms with Crippen molar-refractivity contribution in [1.29, 1.82) is 0 Å². The Morgan fingerprint density at radius 3 is 2.58 bits per heavy atom. The third kappa shape index (κ3) is 4.06. The second kappa shape index (κ2) is 8.52. The normalized spacial score (nSPS) is 15.7. The van der Waals surface area contributed by atoms with Crippen molar-refractivity contribution in [3.05, 3.63) is 94.0 Å². The van der Waals surface area contributed by atoms with Crippen molar-refractivity contribution in [1.82, 2.24) is 14.9 Å². The summed E-state index contributed by atoms with van der Waals surface area (Å²) >= 11 is 6.31. The zero-order valence-electron chi connectivity index (χ0n) is 17.1. The largest absolute Gasteiger partial charge is 0.324 e. The van der Waals surface area contributed by atoms with Gasteiger partial charge < -0.3 is 10.2 Å². The average molecular weight is 431 g/mol. The lowest BCUT2D eigenvalue weighted by atomic mass is 9.88. The highest BCUT2D eigenvalue weighted by Crippen LogP contribution is 2.38. The minimum atomic E-state index is -0.0800. The van der Waals surface area contributed by atoms with Crippen LogP contribution in [0.5, 0.6) is 0 Å². The van der Waals surface area contributed by atoms with E-state index in [0.29, 0.717) is 18.8 Å². The number of rotatable bonds is 1. The monoisotopic (exact) mass is 430 g/mol. The fourth-order valence-corrected chi connectivity index (χ4v) is 4.70. The number of piperidine rings is 1. The van der Waals surface area contributed by atoms with E-state index in [0.717, 1.165) is 36.4 Å². The van der Waals surface area contributed by atoms with Crippen molar-refractivity contribution >= 4 is 28.9 Å². The Labute approximate surface area is 186 Å². The molecule has 2 aromatic heterocycles. The molecular formula is C25H23ClN4O. The van der Waals surface area contributed by atoms with Crippen LogP contribution >= 0.6 is 11.6 Å². The molecule has 1 aliphatic heterocycles. The van der Waals surface area contributed by atoms with Crippen LogP contribution in [-0.2, 0) is 12.8 Å². The van der Waals surface area contributed by atoms with Gasteiger partial charge in [-0.05, 0) is 72.7 Å². The number of fused-ring (bicyclic) bond motifs is 2. The van der Waals surface area contributed by atoms with E-state index in [1.54, 1.807) is 12.4 Å². The van der Waals surface area contributed by atoms with Crippen LogP contribution in [0.25, 0.3) is 5.57 Å². The molecule has 0 atom stereocenters. The number of carbonyl (C=O) groups excluding carboxylic acids is 1. The number of hydrogen-bond acceptors (Lipinski definition) is 3. The summed E-state index contributed by atoms with van der Waals surface area (Å²) in [7, 11) is 0. The van der Waals surface area contributed by atoms with Crippen molar-refractivity contribution < 1.29 is 4.79 Å². The zero-order valence-corrected chi connectivity index (χ0v) is 17.9. The second-order valence-electron chi connectivity index (χ2n) is 7.95. The molecule has 6 heteroatoms. The summed E-state index contributed by atoms with van der Waals surface area (Å²) in [5.41, 5.74) is 8.14. The van der Waals surface area contributed by atoms with Crippen molar-refractivity contribution in [3.8, 4) is 0 Å². The van der Waals surface area contributed by atoms with Gasteiger partial charge in [0.1, 0.15) is 0 Å². The van der Waals surface area contributed by atoms with E-state index in [9.17, 15) is 4.79 Å². The molecule has 0 saturated carbocycles. The number of pyridine rings is 2. The number of hydrogen-bond donors (Lipinski definition) is 1. The molecule has 2 amide bonds. The Bertz CT molecular complexity index is 1150. The van der Waals surface area contributed by atoms with Crippen LogP contribution in [0.2, 0.25) is 5.02 Å². The van der Waals surface area contributed by atoms with Crippen LogP contribution in [0.1, 0.15) is 35.2 Å². The number of aryl methyl sites for hydroxylation is 2. The van der Waals surface area contributed by atoms with E-state index in [1.807, 2.05) is 35.4 Å². The lowest BCUT2D eigenvalue weighted by molar-refractivity contribution is 0.207. The zero-order chi connectivity index (χ0) is 21.2. The summed E-state index contributed by atoms with van der Waals surface area (Å²) < 4.78 is 0. The maximum Gasteiger partial charge on any atom is 0.321 e. The third-order valence-electron chi connectivity index (χ3n) is 6.05. The Balaban J connectivity index is 1.45. The summed E-state index contributed by atoms with van der Waals surface area (Å²) in [6.45, 7) is 1.35. The van der Waals surface area contributed by atoms with Crippen LogP contribution in [0.4, 0.5) is 10.5 Å². The van der Waals surface area contributed by atoms with Gasteiger partial charge >= 0.3 is 6.03 Å². The highest BCUT2D eigenvalue weighted by molar-refractivity contribution is 6.30. The predicted octanol–water partition coefficient (Wildman–Crippen LogP) is 5.36. The van der Waals surface area contributed by atoms with Gasteiger partial charge in [0.2, 0.25) is 0 Å². The number of halogens is 1. The topological polar surface area (TPSA) is 58.1 Å². The molecule has 3 heterocycles. The number of nitrogens with zero attached hydrogens (tertiary/aromatic N) is 3. The van der Waals surface area contributed by atoms with E-state index >= 15 is 0 Å². The molecule has 0 spiro atoms. The number of benzene rings is 1. The molecule has 1 fully saturated rings. The highest BCUT2D eigenvalue weighted by atomic mass is 35.5. The molecule has 2 aliphatic rings. The first kappa shape index (κ1) is 19.8. The van der Waals surface area contributed by atoms with Crippen LogP contribution < -0.4 is 5.32 Å². The van der Waals surface area contributed by atoms with Crippen LogP contribution in [0, 0.1) is 0 Å². The minimum absolute atomic E-state index is 0.0800. The first-order chi connectivity index (χ1) is 15.2. The Hall–Kier alpha value is -3.18. The summed E-state index contributed by atoms with van der Waals surface area (Å²) in [4.78, 5) is 23.4. The van der Waals surface area contributed by atoms with E-state index in [1.165, 1.54) is 27.8 Å². The van der Waals surface area contributed by atoms with Gasteiger partial charge in [0.05, 0.1) is 17.6 Å². The summed E-state index contributed by atoms with van der Waals surface area (Å²) in [6.07, 6.45) is 8.78. The lowest BCUT2D eigenvalue weighted by Crippen LogP contribution is -2.39. The first-order valence-electron chi connectivity index (χ1n) is 10.6. The SMILES string of the molecule is O=C(Nc1cccnc1)N1CCC(=C2c3ccc(Cl)cc3CCc3cccnc32)CC1. The van der Waals surface area contributed by atoms with Gasteiger partial charge in [0.15, 0.2) is 0 Å². The van der Waals surface area contributed by atoms with Crippen LogP contribution in [0.15, 0.2) is 66.6 Å². The molecular weight excluding hydrogens is 408 g/mol. The molecule has 0 bridgehead atoms. The van der Waals surface area contributed by atoms with E-state index in [2.05, 4.69) is 28.5 Å². The van der Waals surface area contributed by atoms with Crippen molar-refractivity contribution in [3.63, 3.8) is 0 Å². The Morgan fingerprint density at radius 2 is 1.77 bits per heavy atom. The fourth-order valence-electron chi connectivity index (χ4n) is 4.50. The van der Waals surface area contributed by atoms with Gasteiger partial charge in [-0.25, -0.2) is 4.79 Å². The predicted molar refractivity (Wildman–Crippen MR) is 123 cm³/mol. The van der Waals surface area contributed by atoms with Crippen molar-refractivity contribution in [2.75, 3.05) is 18.4 Å². The number of amides is 2. The molecule has 5 nitrogen and oxygen atoms in total. The number of urea groups is 1. The number of carbonyl (C=O) groups is 1. The van der Waals surface area contributed by atoms with Gasteiger partial charge in [-0.2, -0.15) is 0 Å². The number of aromatic nitrogens is 2. The summed E-state index contributed by atoms with van der Waals surface area (Å²) in [5, 5.41) is 3.70. The summed E-state index contributed by atoms with van der Waals surface area (Å²) in [5.74, 6) is 0. The molecule has 31 heavy (non-hydrogen) atoms. The molecule has 1 saturated heterocycles. The van der Waals surface area contributed by atoms with Gasteiger partial charge in [-0.15, -0.1) is 0 Å². The van der Waals surface area contributed by atoms with Crippen LogP contribution in [-0.4, -0.2) is 34.0 Å². The highest BCUT2D eigenvalue weighted by Gasteiger charge is 2.26. The van der Waals surface area contributed by atoms with Gasteiger partial charge in [0, 0.05) is 36.1 Å². The minimum Gasteiger partial charge on any atom is -0.324 e. The first-order valence-corrected chi connectivity index (χ1v) is 11.0. The number of anilines is 1. The van der Waals surface area contributed by atoms with Crippen molar-refractivity contribution in [2.24, 2.45) is 0 Å². The Kier molecular flexibility index (Phi) is 5.43. The molecule has 1 aromatic carbocycles. The maximum absolute atomic E-state index is 12.7. The summed E-state index contributed by atoms with van der Waals surface area (Å²) in [6, 6.07) is 13.9. The molecule has 0 radical (unpaired) electrons. The molecule has 3 aromatic rings. The van der Waals surface area contributed by atoms with Gasteiger partial charge in [0.25, 0.3) is 0 Å². The standard InChI is InChI=1S/C25H23ClN4O/c26-20-7-8-22-19(15-20)6-5-18-3-1-12-28-24(18)23(22)17-9-13-30(14-10-17)25(31)29-21-4-2-11-27-16-21/h1-4,7-8,11-12,15-16H,5-6,9-10,13-14H2,(H,29,31). The van der Waals surface area contributed by atoms with Gasteiger partial charge in [-0.1, -0.05) is 29.3 Å². The number of nitrogens with one attached hydrogen (secondary N) is 1. The van der Waals surface area contributed by atoms with E-state index in [4.69, 9.17) is 16.6 Å². The average Bonchev–Trinajstić information content (AvgIpc) is 2.96. The molecule has 5 rings (SSSR count). The fraction of sp³-hybridized carbons (Fsp3) is 0.240.